The van der Waals surface area contributed by atoms with Crippen LogP contribution in [-0.4, -0.2) is 35.5 Å². The lowest BCUT2D eigenvalue weighted by Crippen LogP contribution is -2.33. The molecule has 3 aromatic rings. The summed E-state index contributed by atoms with van der Waals surface area (Å²) in [6.07, 6.45) is 0. The van der Waals surface area contributed by atoms with Crippen LogP contribution < -0.4 is 10.1 Å². The van der Waals surface area contributed by atoms with Gasteiger partial charge in [-0.25, -0.2) is 0 Å². The summed E-state index contributed by atoms with van der Waals surface area (Å²) in [4.78, 5) is 27.5. The van der Waals surface area contributed by atoms with Gasteiger partial charge in [-0.3, -0.25) is 9.59 Å². The van der Waals surface area contributed by atoms with Crippen molar-refractivity contribution < 1.29 is 18.8 Å². The highest BCUT2D eigenvalue weighted by Gasteiger charge is 2.22. The molecular formula is C28H35N3O4. The van der Waals surface area contributed by atoms with Gasteiger partial charge in [0.15, 0.2) is 11.5 Å². The van der Waals surface area contributed by atoms with Gasteiger partial charge in [-0.05, 0) is 46.7 Å². The van der Waals surface area contributed by atoms with Gasteiger partial charge in [-0.1, -0.05) is 64.0 Å². The molecule has 0 radical (unpaired) electrons. The quantitative estimate of drug-likeness (QED) is 0.457. The maximum absolute atomic E-state index is 13.3. The molecule has 7 nitrogen and oxygen atoms in total. The normalized spacial score (nSPS) is 11.4. The Morgan fingerprint density at radius 2 is 1.71 bits per heavy atom. The summed E-state index contributed by atoms with van der Waals surface area (Å²) in [5.41, 5.74) is 2.93. The van der Waals surface area contributed by atoms with Crippen LogP contribution in [0.3, 0.4) is 0 Å². The zero-order valence-electron chi connectivity index (χ0n) is 21.4. The Labute approximate surface area is 207 Å². The van der Waals surface area contributed by atoms with E-state index in [-0.39, 0.29) is 35.4 Å². The molecule has 0 fully saturated rings. The molecular weight excluding hydrogens is 442 g/mol. The van der Waals surface area contributed by atoms with E-state index in [0.717, 1.165) is 11.3 Å². The third-order valence-electron chi connectivity index (χ3n) is 5.62. The number of nitrogens with zero attached hydrogens (tertiary/aromatic N) is 2. The molecule has 1 heterocycles. The van der Waals surface area contributed by atoms with E-state index < -0.39 is 0 Å². The van der Waals surface area contributed by atoms with Crippen LogP contribution in [0.2, 0.25) is 0 Å². The molecule has 1 aromatic heterocycles. The van der Waals surface area contributed by atoms with Gasteiger partial charge >= 0.3 is 0 Å². The lowest BCUT2D eigenvalue weighted by molar-refractivity contribution is 0.0705. The fourth-order valence-corrected chi connectivity index (χ4v) is 3.65. The summed E-state index contributed by atoms with van der Waals surface area (Å²) in [7, 11) is 1.61. The molecule has 0 spiro atoms. The average molecular weight is 478 g/mol. The summed E-state index contributed by atoms with van der Waals surface area (Å²) in [5.74, 6) is 1.06. The van der Waals surface area contributed by atoms with Crippen LogP contribution in [0.1, 0.15) is 72.4 Å². The number of amides is 2. The molecule has 2 aromatic carbocycles. The second kappa shape index (κ2) is 11.2. The number of benzene rings is 2. The summed E-state index contributed by atoms with van der Waals surface area (Å²) >= 11 is 0. The molecule has 0 aliphatic rings. The Morgan fingerprint density at radius 1 is 1.06 bits per heavy atom. The molecule has 2 amide bonds. The summed E-state index contributed by atoms with van der Waals surface area (Å²) in [5, 5.41) is 6.75. The smallest absolute Gasteiger partial charge is 0.273 e. The minimum Gasteiger partial charge on any atom is -0.497 e. The molecule has 3 rings (SSSR count). The van der Waals surface area contributed by atoms with Crippen LogP contribution in [0.4, 0.5) is 0 Å². The Kier molecular flexibility index (Phi) is 8.33. The Bertz CT molecular complexity index is 1130. The Balaban J connectivity index is 1.66. The highest BCUT2D eigenvalue weighted by molar-refractivity contribution is 5.94. The SMILES string of the molecule is COc1ccc(CNC(=O)c2cc(CN(CC(C)C)C(=O)c3ccc(C(C)(C)C)cc3)on2)cc1. The number of aromatic nitrogens is 1. The largest absolute Gasteiger partial charge is 0.497 e. The van der Waals surface area contributed by atoms with Gasteiger partial charge in [0.25, 0.3) is 11.8 Å². The number of carbonyl (C=O) groups excluding carboxylic acids is 2. The van der Waals surface area contributed by atoms with Crippen molar-refractivity contribution in [2.75, 3.05) is 13.7 Å². The van der Waals surface area contributed by atoms with Gasteiger partial charge < -0.3 is 19.5 Å². The van der Waals surface area contributed by atoms with E-state index in [1.165, 1.54) is 5.56 Å². The first-order chi connectivity index (χ1) is 16.6. The fraction of sp³-hybridized carbons (Fsp3) is 0.393. The predicted octanol–water partition coefficient (Wildman–Crippen LogP) is 5.21. The minimum absolute atomic E-state index is 0.0172. The Hall–Kier alpha value is -3.61. The molecule has 0 aliphatic carbocycles. The van der Waals surface area contributed by atoms with E-state index in [2.05, 4.69) is 45.1 Å². The Morgan fingerprint density at radius 3 is 2.29 bits per heavy atom. The molecule has 0 saturated carbocycles. The third kappa shape index (κ3) is 7.18. The summed E-state index contributed by atoms with van der Waals surface area (Å²) < 4.78 is 10.6. The van der Waals surface area contributed by atoms with Crippen molar-refractivity contribution in [1.82, 2.24) is 15.4 Å². The number of hydrogen-bond donors (Lipinski definition) is 1. The maximum Gasteiger partial charge on any atom is 0.273 e. The molecule has 0 unspecified atom stereocenters. The van der Waals surface area contributed by atoms with Crippen LogP contribution in [-0.2, 0) is 18.5 Å². The topological polar surface area (TPSA) is 84.7 Å². The van der Waals surface area contributed by atoms with Crippen molar-refractivity contribution in [2.45, 2.75) is 53.1 Å². The minimum atomic E-state index is -0.338. The van der Waals surface area contributed by atoms with Crippen molar-refractivity contribution in [3.63, 3.8) is 0 Å². The first-order valence-corrected chi connectivity index (χ1v) is 11.8. The average Bonchev–Trinajstić information content (AvgIpc) is 3.30. The number of hydrogen-bond acceptors (Lipinski definition) is 5. The maximum atomic E-state index is 13.3. The third-order valence-corrected chi connectivity index (χ3v) is 5.62. The van der Waals surface area contributed by atoms with E-state index in [1.807, 2.05) is 48.5 Å². The van der Waals surface area contributed by atoms with E-state index in [1.54, 1.807) is 18.1 Å². The zero-order valence-corrected chi connectivity index (χ0v) is 21.4. The number of carbonyl (C=O) groups is 2. The van der Waals surface area contributed by atoms with Crippen molar-refractivity contribution in [1.29, 1.82) is 0 Å². The van der Waals surface area contributed by atoms with E-state index in [4.69, 9.17) is 9.26 Å². The molecule has 186 valence electrons. The van der Waals surface area contributed by atoms with Crippen LogP contribution in [0.25, 0.3) is 0 Å². The van der Waals surface area contributed by atoms with Crippen molar-refractivity contribution in [3.8, 4) is 5.75 Å². The molecule has 7 heteroatoms. The number of nitrogens with one attached hydrogen (secondary N) is 1. The van der Waals surface area contributed by atoms with Gasteiger partial charge in [-0.15, -0.1) is 0 Å². The predicted molar refractivity (Wildman–Crippen MR) is 135 cm³/mol. The molecule has 0 bridgehead atoms. The van der Waals surface area contributed by atoms with Crippen molar-refractivity contribution >= 4 is 11.8 Å². The van der Waals surface area contributed by atoms with Crippen LogP contribution >= 0.6 is 0 Å². The summed E-state index contributed by atoms with van der Waals surface area (Å²) in [6, 6.07) is 16.8. The van der Waals surface area contributed by atoms with Crippen molar-refractivity contribution in [2.24, 2.45) is 5.92 Å². The van der Waals surface area contributed by atoms with Crippen molar-refractivity contribution in [3.05, 3.63) is 82.7 Å². The standard InChI is InChI=1S/C28H35N3O4/c1-19(2)17-31(27(33)21-9-11-22(12-10-21)28(3,4)5)18-24-15-25(30-35-24)26(32)29-16-20-7-13-23(34-6)14-8-20/h7-15,19H,16-18H2,1-6H3,(H,29,32). The highest BCUT2D eigenvalue weighted by Crippen LogP contribution is 2.23. The number of methoxy groups -OCH3 is 1. The van der Waals surface area contributed by atoms with Crippen LogP contribution in [0.15, 0.2) is 59.1 Å². The molecule has 0 saturated heterocycles. The van der Waals surface area contributed by atoms with E-state index in [9.17, 15) is 9.59 Å². The first-order valence-electron chi connectivity index (χ1n) is 11.8. The molecule has 0 aliphatic heterocycles. The highest BCUT2D eigenvalue weighted by atomic mass is 16.5. The van der Waals surface area contributed by atoms with Gasteiger partial charge in [0, 0.05) is 24.7 Å². The summed E-state index contributed by atoms with van der Waals surface area (Å²) in [6.45, 7) is 11.7. The first kappa shape index (κ1) is 26.0. The second-order valence-electron chi connectivity index (χ2n) is 10.1. The van der Waals surface area contributed by atoms with Crippen LogP contribution in [0.5, 0.6) is 5.75 Å². The van der Waals surface area contributed by atoms with E-state index in [0.29, 0.717) is 24.4 Å². The number of rotatable bonds is 9. The lowest BCUT2D eigenvalue weighted by Gasteiger charge is -2.24. The van der Waals surface area contributed by atoms with Gasteiger partial charge in [0.2, 0.25) is 0 Å². The van der Waals surface area contributed by atoms with E-state index >= 15 is 0 Å². The van der Waals surface area contributed by atoms with Gasteiger partial charge in [0.1, 0.15) is 5.75 Å². The lowest BCUT2D eigenvalue weighted by atomic mass is 9.86. The monoisotopic (exact) mass is 477 g/mol. The van der Waals surface area contributed by atoms with Gasteiger partial charge in [0.05, 0.1) is 13.7 Å². The molecule has 1 N–H and O–H groups in total. The van der Waals surface area contributed by atoms with Gasteiger partial charge in [-0.2, -0.15) is 0 Å². The second-order valence-corrected chi connectivity index (χ2v) is 10.1. The fourth-order valence-electron chi connectivity index (χ4n) is 3.65. The zero-order chi connectivity index (χ0) is 25.6. The molecule has 35 heavy (non-hydrogen) atoms. The van der Waals surface area contributed by atoms with Crippen LogP contribution in [0, 0.1) is 5.92 Å². The number of ether oxygens (including phenoxy) is 1. The molecule has 0 atom stereocenters.